The van der Waals surface area contributed by atoms with Gasteiger partial charge in [-0.3, -0.25) is 0 Å². The van der Waals surface area contributed by atoms with Crippen molar-refractivity contribution in [3.63, 3.8) is 0 Å². The summed E-state index contributed by atoms with van der Waals surface area (Å²) in [7, 11) is 0. The number of benzene rings is 2. The molecule has 0 aliphatic heterocycles. The molecule has 0 saturated carbocycles. The molecule has 0 atom stereocenters. The maximum absolute atomic E-state index is 12.6. The van der Waals surface area contributed by atoms with E-state index in [-0.39, 0.29) is 11.4 Å². The van der Waals surface area contributed by atoms with Gasteiger partial charge >= 0.3 is 12.6 Å². The normalized spacial score (nSPS) is 11.1. The number of hydrogen-bond donors (Lipinski definition) is 1. The van der Waals surface area contributed by atoms with Crippen molar-refractivity contribution < 1.29 is 23.4 Å². The van der Waals surface area contributed by atoms with Gasteiger partial charge in [-0.15, -0.1) is 0 Å². The van der Waals surface area contributed by atoms with Gasteiger partial charge in [0, 0.05) is 16.6 Å². The van der Waals surface area contributed by atoms with E-state index in [1.54, 1.807) is 24.3 Å². The topological polar surface area (TPSA) is 64.3 Å². The predicted molar refractivity (Wildman–Crippen MR) is 104 cm³/mol. The van der Waals surface area contributed by atoms with E-state index < -0.39 is 12.6 Å². The second-order valence-electron chi connectivity index (χ2n) is 6.40. The summed E-state index contributed by atoms with van der Waals surface area (Å²) in [6.45, 7) is -2.57. The lowest BCUT2D eigenvalue weighted by Crippen LogP contribution is -2.07. The molecule has 1 N–H and O–H groups in total. The van der Waals surface area contributed by atoms with E-state index in [1.165, 1.54) is 12.1 Å². The number of aromatic carboxylic acids is 1. The summed E-state index contributed by atoms with van der Waals surface area (Å²) in [5.41, 5.74) is 3.14. The minimum atomic E-state index is -2.90. The van der Waals surface area contributed by atoms with E-state index in [9.17, 15) is 18.7 Å². The van der Waals surface area contributed by atoms with Crippen molar-refractivity contribution in [2.24, 2.45) is 0 Å². The van der Waals surface area contributed by atoms with Gasteiger partial charge in [-0.1, -0.05) is 36.4 Å². The van der Waals surface area contributed by atoms with Crippen molar-refractivity contribution in [3.05, 3.63) is 84.2 Å². The van der Waals surface area contributed by atoms with Crippen LogP contribution in [0.4, 0.5) is 8.78 Å². The molecule has 146 valence electrons. The number of halogens is 2. The van der Waals surface area contributed by atoms with Crippen molar-refractivity contribution in [3.8, 4) is 17.0 Å². The van der Waals surface area contributed by atoms with E-state index in [4.69, 9.17) is 0 Å². The molecule has 0 aliphatic rings. The molecule has 0 fully saturated rings. The van der Waals surface area contributed by atoms with Gasteiger partial charge in [0.15, 0.2) is 0 Å². The number of fused-ring (bicyclic) bond motifs is 1. The molecule has 29 heavy (non-hydrogen) atoms. The molecule has 0 radical (unpaired) electrons. The fourth-order valence-corrected chi connectivity index (χ4v) is 3.29. The standard InChI is InChI=1S/C22H16F2N2O3/c23-22(24)29-17-9-10-19-15(11-17)12-20(14-5-2-1-3-6-14)26(19)13-16-7-4-8-18(25-16)21(27)28/h1-12,22H,13H2,(H,27,28). The molecular weight excluding hydrogens is 378 g/mol. The van der Waals surface area contributed by atoms with Gasteiger partial charge in [0.25, 0.3) is 0 Å². The third-order valence-corrected chi connectivity index (χ3v) is 4.51. The molecule has 2 aromatic carbocycles. The summed E-state index contributed by atoms with van der Waals surface area (Å²) in [5, 5.41) is 9.93. The van der Waals surface area contributed by atoms with Gasteiger partial charge in [-0.2, -0.15) is 8.78 Å². The third-order valence-electron chi connectivity index (χ3n) is 4.51. The fourth-order valence-electron chi connectivity index (χ4n) is 3.29. The van der Waals surface area contributed by atoms with Crippen LogP contribution in [0, 0.1) is 0 Å². The Kier molecular flexibility index (Phi) is 4.95. The minimum Gasteiger partial charge on any atom is -0.477 e. The Labute approximate surface area is 164 Å². The molecule has 4 aromatic rings. The lowest BCUT2D eigenvalue weighted by atomic mass is 10.1. The Hall–Kier alpha value is -3.74. The summed E-state index contributed by atoms with van der Waals surface area (Å²) in [6.07, 6.45) is 0. The average Bonchev–Trinajstić information content (AvgIpc) is 3.06. The first-order valence-electron chi connectivity index (χ1n) is 8.84. The first kappa shape index (κ1) is 18.6. The lowest BCUT2D eigenvalue weighted by Gasteiger charge is -2.12. The van der Waals surface area contributed by atoms with Crippen LogP contribution >= 0.6 is 0 Å². The average molecular weight is 394 g/mol. The Morgan fingerprint density at radius 3 is 2.55 bits per heavy atom. The number of nitrogens with zero attached hydrogens (tertiary/aromatic N) is 2. The number of pyridine rings is 1. The molecule has 7 heteroatoms. The van der Waals surface area contributed by atoms with E-state index in [1.807, 2.05) is 41.0 Å². The number of rotatable bonds is 6. The van der Waals surface area contributed by atoms with Crippen LogP contribution in [0.1, 0.15) is 16.2 Å². The minimum absolute atomic E-state index is 0.0344. The second-order valence-corrected chi connectivity index (χ2v) is 6.40. The molecule has 0 unspecified atom stereocenters. The molecule has 0 amide bonds. The highest BCUT2D eigenvalue weighted by atomic mass is 19.3. The highest BCUT2D eigenvalue weighted by Gasteiger charge is 2.14. The number of carboxylic acids is 1. The number of carboxylic acid groups (broad SMARTS) is 1. The Morgan fingerprint density at radius 1 is 1.03 bits per heavy atom. The predicted octanol–water partition coefficient (Wildman–Crippen LogP) is 5.05. The summed E-state index contributed by atoms with van der Waals surface area (Å²) in [5.74, 6) is -1.02. The zero-order valence-electron chi connectivity index (χ0n) is 15.1. The first-order valence-corrected chi connectivity index (χ1v) is 8.84. The molecule has 0 saturated heterocycles. The number of ether oxygens (including phenoxy) is 1. The van der Waals surface area contributed by atoms with Gasteiger partial charge in [0.05, 0.1) is 12.2 Å². The van der Waals surface area contributed by atoms with Gasteiger partial charge in [-0.25, -0.2) is 9.78 Å². The van der Waals surface area contributed by atoms with Gasteiger partial charge in [0.1, 0.15) is 11.4 Å². The lowest BCUT2D eigenvalue weighted by molar-refractivity contribution is -0.0497. The van der Waals surface area contributed by atoms with Crippen LogP contribution in [-0.4, -0.2) is 27.2 Å². The zero-order valence-corrected chi connectivity index (χ0v) is 15.1. The van der Waals surface area contributed by atoms with Crippen molar-refractivity contribution in [2.45, 2.75) is 13.2 Å². The zero-order chi connectivity index (χ0) is 20.4. The fraction of sp³-hybridized carbons (Fsp3) is 0.0909. The molecular formula is C22H16F2N2O3. The van der Waals surface area contributed by atoms with Crippen LogP contribution < -0.4 is 4.74 Å². The smallest absolute Gasteiger partial charge is 0.387 e. The largest absolute Gasteiger partial charge is 0.477 e. The molecule has 2 heterocycles. The van der Waals surface area contributed by atoms with Crippen molar-refractivity contribution in [2.75, 3.05) is 0 Å². The maximum Gasteiger partial charge on any atom is 0.387 e. The summed E-state index contributed by atoms with van der Waals surface area (Å²) < 4.78 is 31.6. The molecule has 2 aromatic heterocycles. The monoisotopic (exact) mass is 394 g/mol. The molecule has 0 spiro atoms. The van der Waals surface area contributed by atoms with Crippen LogP contribution in [0.25, 0.3) is 22.2 Å². The molecule has 0 bridgehead atoms. The van der Waals surface area contributed by atoms with Crippen LogP contribution in [-0.2, 0) is 6.54 Å². The Balaban J connectivity index is 1.84. The Morgan fingerprint density at radius 2 is 1.83 bits per heavy atom. The number of aromatic nitrogens is 2. The maximum atomic E-state index is 12.6. The van der Waals surface area contributed by atoms with Crippen LogP contribution in [0.15, 0.2) is 72.8 Å². The number of carbonyl (C=O) groups is 1. The molecule has 4 rings (SSSR count). The highest BCUT2D eigenvalue weighted by Crippen LogP contribution is 2.31. The first-order chi connectivity index (χ1) is 14.0. The van der Waals surface area contributed by atoms with E-state index in [2.05, 4.69) is 9.72 Å². The summed E-state index contributed by atoms with van der Waals surface area (Å²) in [6, 6.07) is 21.1. The molecule has 0 aliphatic carbocycles. The quantitative estimate of drug-likeness (QED) is 0.497. The SMILES string of the molecule is O=C(O)c1cccc(Cn2c(-c3ccccc3)cc3cc(OC(F)F)ccc32)n1. The van der Waals surface area contributed by atoms with Crippen LogP contribution in [0.2, 0.25) is 0 Å². The van der Waals surface area contributed by atoms with E-state index in [0.29, 0.717) is 12.2 Å². The van der Waals surface area contributed by atoms with Crippen molar-refractivity contribution in [1.82, 2.24) is 9.55 Å². The second kappa shape index (κ2) is 7.71. The number of hydrogen-bond acceptors (Lipinski definition) is 3. The van der Waals surface area contributed by atoms with Crippen LogP contribution in [0.3, 0.4) is 0 Å². The van der Waals surface area contributed by atoms with Crippen molar-refractivity contribution >= 4 is 16.9 Å². The van der Waals surface area contributed by atoms with Crippen molar-refractivity contribution in [1.29, 1.82) is 0 Å². The third kappa shape index (κ3) is 3.94. The van der Waals surface area contributed by atoms with Crippen LogP contribution in [0.5, 0.6) is 5.75 Å². The summed E-state index contributed by atoms with van der Waals surface area (Å²) in [4.78, 5) is 15.4. The van der Waals surface area contributed by atoms with E-state index >= 15 is 0 Å². The van der Waals surface area contributed by atoms with Gasteiger partial charge < -0.3 is 14.4 Å². The molecule has 5 nitrogen and oxygen atoms in total. The Bertz CT molecular complexity index is 1170. The van der Waals surface area contributed by atoms with Gasteiger partial charge in [-0.05, 0) is 42.0 Å². The van der Waals surface area contributed by atoms with Gasteiger partial charge in [0.2, 0.25) is 0 Å². The highest BCUT2D eigenvalue weighted by molar-refractivity contribution is 5.88. The summed E-state index contributed by atoms with van der Waals surface area (Å²) >= 11 is 0. The van der Waals surface area contributed by atoms with E-state index in [0.717, 1.165) is 22.2 Å². The number of alkyl halides is 2.